The van der Waals surface area contributed by atoms with Crippen molar-refractivity contribution in [3.8, 4) is 0 Å². The minimum Gasteiger partial charge on any atom is -0.396 e. The monoisotopic (exact) mass is 477 g/mol. The molecular weight excluding hydrogens is 454 g/mol. The number of hydrogen-bond donors (Lipinski definition) is 3. The Morgan fingerprint density at radius 2 is 1.58 bits per heavy atom. The molecule has 4 aromatic rings. The Morgan fingerprint density at radius 1 is 0.909 bits per heavy atom. The van der Waals surface area contributed by atoms with Crippen LogP contribution in [0.1, 0.15) is 17.5 Å². The van der Waals surface area contributed by atoms with Gasteiger partial charge in [0.05, 0.1) is 11.1 Å². The first-order valence-electron chi connectivity index (χ1n) is 10.6. The van der Waals surface area contributed by atoms with Crippen LogP contribution in [0.2, 0.25) is 0 Å². The summed E-state index contributed by atoms with van der Waals surface area (Å²) in [6, 6.07) is 12.2. The molecule has 168 valence electrons. The molecule has 3 heterocycles. The highest BCUT2D eigenvalue weighted by Crippen LogP contribution is 2.39. The summed E-state index contributed by atoms with van der Waals surface area (Å²) in [5.74, 6) is -0.774. The van der Waals surface area contributed by atoms with Crippen LogP contribution in [0.15, 0.2) is 58.6 Å². The zero-order chi connectivity index (χ0) is 23.1. The molecule has 0 saturated heterocycles. The second kappa shape index (κ2) is 8.78. The highest BCUT2D eigenvalue weighted by Gasteiger charge is 2.35. The standard InChI is InChI=1S/C25H23N3O3S2/c1-32-14-4-6-20-16(10-14)18(12-26-20)22-23(25(31)27-24(22)30)19-13-28(8-3-9-29)21-7-5-15(33-2)11-17(19)21/h4-7,10-13,26,29H,3,8-9H2,1-2H3,(H,27,30,31). The maximum atomic E-state index is 13.1. The molecule has 0 saturated carbocycles. The van der Waals surface area contributed by atoms with Gasteiger partial charge < -0.3 is 14.7 Å². The lowest BCUT2D eigenvalue weighted by Crippen LogP contribution is -2.22. The summed E-state index contributed by atoms with van der Waals surface area (Å²) in [6.45, 7) is 0.700. The topological polar surface area (TPSA) is 87.1 Å². The van der Waals surface area contributed by atoms with Crippen LogP contribution in [-0.4, -0.2) is 45.6 Å². The van der Waals surface area contributed by atoms with Crippen LogP contribution in [0.4, 0.5) is 0 Å². The lowest BCUT2D eigenvalue weighted by molar-refractivity contribution is -0.122. The second-order valence-electron chi connectivity index (χ2n) is 7.84. The number of hydrogen-bond acceptors (Lipinski definition) is 5. The molecule has 5 rings (SSSR count). The molecule has 1 aliphatic rings. The maximum absolute atomic E-state index is 13.1. The van der Waals surface area contributed by atoms with Crippen molar-refractivity contribution in [1.29, 1.82) is 0 Å². The first-order chi connectivity index (χ1) is 16.0. The van der Waals surface area contributed by atoms with Crippen molar-refractivity contribution in [2.45, 2.75) is 22.8 Å². The number of aliphatic hydroxyl groups excluding tert-OH is 1. The molecule has 2 aromatic carbocycles. The van der Waals surface area contributed by atoms with Gasteiger partial charge in [-0.15, -0.1) is 23.5 Å². The molecule has 0 spiro atoms. The van der Waals surface area contributed by atoms with Crippen LogP contribution < -0.4 is 5.32 Å². The molecule has 0 radical (unpaired) electrons. The smallest absolute Gasteiger partial charge is 0.259 e. The fourth-order valence-electron chi connectivity index (χ4n) is 4.43. The number of H-pyrrole nitrogens is 1. The van der Waals surface area contributed by atoms with E-state index in [0.29, 0.717) is 24.1 Å². The number of amides is 2. The normalized spacial score (nSPS) is 14.2. The van der Waals surface area contributed by atoms with Crippen molar-refractivity contribution >= 4 is 68.3 Å². The SMILES string of the molecule is CSc1ccc2[nH]cc(C3=C(c4cn(CCCO)c5ccc(SC)cc45)C(=O)NC3=O)c2c1. The van der Waals surface area contributed by atoms with Crippen molar-refractivity contribution in [2.24, 2.45) is 0 Å². The highest BCUT2D eigenvalue weighted by atomic mass is 32.2. The van der Waals surface area contributed by atoms with Crippen molar-refractivity contribution in [1.82, 2.24) is 14.9 Å². The van der Waals surface area contributed by atoms with E-state index in [-0.39, 0.29) is 18.4 Å². The van der Waals surface area contributed by atoms with Crippen molar-refractivity contribution < 1.29 is 14.7 Å². The molecule has 33 heavy (non-hydrogen) atoms. The predicted octanol–water partition coefficient (Wildman–Crippen LogP) is 4.52. The van der Waals surface area contributed by atoms with E-state index in [2.05, 4.69) is 16.4 Å². The van der Waals surface area contributed by atoms with Crippen LogP contribution in [0, 0.1) is 0 Å². The number of aromatic amines is 1. The van der Waals surface area contributed by atoms with E-state index in [1.165, 1.54) is 0 Å². The Balaban J connectivity index is 1.79. The van der Waals surface area contributed by atoms with Crippen LogP contribution in [-0.2, 0) is 16.1 Å². The number of thioether (sulfide) groups is 2. The van der Waals surface area contributed by atoms with Gasteiger partial charge in [0.15, 0.2) is 0 Å². The van der Waals surface area contributed by atoms with E-state index in [1.807, 2.05) is 53.6 Å². The molecule has 1 aliphatic heterocycles. The summed E-state index contributed by atoms with van der Waals surface area (Å²) in [4.78, 5) is 31.6. The number of fused-ring (bicyclic) bond motifs is 2. The number of nitrogens with zero attached hydrogens (tertiary/aromatic N) is 1. The number of rotatable bonds is 7. The third-order valence-electron chi connectivity index (χ3n) is 6.00. The average molecular weight is 478 g/mol. The Bertz CT molecular complexity index is 1450. The van der Waals surface area contributed by atoms with Gasteiger partial charge in [-0.3, -0.25) is 14.9 Å². The van der Waals surface area contributed by atoms with E-state index < -0.39 is 0 Å². The average Bonchev–Trinajstić information content (AvgIpc) is 3.49. The number of aromatic nitrogens is 2. The molecule has 0 bridgehead atoms. The number of aryl methyl sites for hydroxylation is 1. The number of nitrogens with one attached hydrogen (secondary N) is 2. The maximum Gasteiger partial charge on any atom is 0.259 e. The summed E-state index contributed by atoms with van der Waals surface area (Å²) in [5, 5.41) is 13.7. The third-order valence-corrected chi connectivity index (χ3v) is 7.45. The van der Waals surface area contributed by atoms with Gasteiger partial charge in [0.1, 0.15) is 0 Å². The summed E-state index contributed by atoms with van der Waals surface area (Å²) >= 11 is 3.26. The number of benzene rings is 2. The first kappa shape index (κ1) is 21.9. The molecule has 3 N–H and O–H groups in total. The molecule has 0 aliphatic carbocycles. The number of carbonyl (C=O) groups excluding carboxylic acids is 2. The first-order valence-corrected chi connectivity index (χ1v) is 13.0. The van der Waals surface area contributed by atoms with Crippen molar-refractivity contribution in [3.63, 3.8) is 0 Å². The van der Waals surface area contributed by atoms with Crippen LogP contribution in [0.5, 0.6) is 0 Å². The van der Waals surface area contributed by atoms with Gasteiger partial charge in [-0.2, -0.15) is 0 Å². The van der Waals surface area contributed by atoms with Gasteiger partial charge >= 0.3 is 0 Å². The van der Waals surface area contributed by atoms with Crippen molar-refractivity contribution in [3.05, 3.63) is 59.9 Å². The highest BCUT2D eigenvalue weighted by molar-refractivity contribution is 7.98. The van der Waals surface area contributed by atoms with E-state index in [9.17, 15) is 14.7 Å². The second-order valence-corrected chi connectivity index (χ2v) is 9.60. The molecule has 2 aromatic heterocycles. The predicted molar refractivity (Wildman–Crippen MR) is 135 cm³/mol. The van der Waals surface area contributed by atoms with Crippen LogP contribution in [0.25, 0.3) is 33.0 Å². The Hall–Kier alpha value is -2.94. The van der Waals surface area contributed by atoms with Gasteiger partial charge in [-0.05, 0) is 55.3 Å². The number of carbonyl (C=O) groups is 2. The fraction of sp³-hybridized carbons (Fsp3) is 0.200. The lowest BCUT2D eigenvalue weighted by Gasteiger charge is -2.05. The lowest BCUT2D eigenvalue weighted by atomic mass is 9.95. The van der Waals surface area contributed by atoms with Gasteiger partial charge in [-0.25, -0.2) is 0 Å². The third kappa shape index (κ3) is 3.68. The van der Waals surface area contributed by atoms with Gasteiger partial charge in [0.2, 0.25) is 0 Å². The van der Waals surface area contributed by atoms with Gasteiger partial charge in [0, 0.05) is 68.3 Å². The van der Waals surface area contributed by atoms with E-state index >= 15 is 0 Å². The van der Waals surface area contributed by atoms with E-state index in [1.54, 1.807) is 29.7 Å². The van der Waals surface area contributed by atoms with E-state index in [0.717, 1.165) is 42.7 Å². The Kier molecular flexibility index (Phi) is 5.82. The molecule has 8 heteroatoms. The largest absolute Gasteiger partial charge is 0.396 e. The Labute approximate surface area is 199 Å². The number of imide groups is 1. The molecule has 0 fully saturated rings. The van der Waals surface area contributed by atoms with Crippen LogP contribution in [0.3, 0.4) is 0 Å². The molecule has 0 unspecified atom stereocenters. The summed E-state index contributed by atoms with van der Waals surface area (Å²) in [7, 11) is 0. The summed E-state index contributed by atoms with van der Waals surface area (Å²) in [6.07, 6.45) is 8.36. The fourth-order valence-corrected chi connectivity index (χ4v) is 5.31. The number of aliphatic hydroxyl groups is 1. The quantitative estimate of drug-likeness (QED) is 0.269. The van der Waals surface area contributed by atoms with Gasteiger partial charge in [0.25, 0.3) is 11.8 Å². The zero-order valence-corrected chi connectivity index (χ0v) is 19.9. The minimum absolute atomic E-state index is 0.0813. The zero-order valence-electron chi connectivity index (χ0n) is 18.3. The molecule has 0 atom stereocenters. The summed E-state index contributed by atoms with van der Waals surface area (Å²) < 4.78 is 2.05. The molecule has 2 amide bonds. The molecule has 6 nitrogen and oxygen atoms in total. The van der Waals surface area contributed by atoms with Gasteiger partial charge in [-0.1, -0.05) is 0 Å². The summed E-state index contributed by atoms with van der Waals surface area (Å²) in [5.41, 5.74) is 4.11. The molecular formula is C25H23N3O3S2. The minimum atomic E-state index is -0.388. The Morgan fingerprint density at radius 3 is 2.27 bits per heavy atom. The van der Waals surface area contributed by atoms with E-state index in [4.69, 9.17) is 0 Å². The van der Waals surface area contributed by atoms with Crippen LogP contribution >= 0.6 is 23.5 Å². The van der Waals surface area contributed by atoms with Crippen molar-refractivity contribution in [2.75, 3.05) is 19.1 Å².